The molecule has 3 heteroatoms. The van der Waals surface area contributed by atoms with E-state index in [1.165, 1.54) is 0 Å². The Morgan fingerprint density at radius 1 is 1.12 bits per heavy atom. The molecule has 0 radical (unpaired) electrons. The average Bonchev–Trinajstić information content (AvgIpc) is 2.54. The Labute approximate surface area is 101 Å². The van der Waals surface area contributed by atoms with E-state index in [-0.39, 0.29) is 11.0 Å². The van der Waals surface area contributed by atoms with Gasteiger partial charge in [-0.05, 0) is 5.56 Å². The van der Waals surface area contributed by atoms with Gasteiger partial charge in [0.1, 0.15) is 0 Å². The van der Waals surface area contributed by atoms with Crippen molar-refractivity contribution in [1.82, 2.24) is 9.78 Å². The van der Waals surface area contributed by atoms with Crippen molar-refractivity contribution >= 4 is 0 Å². The lowest BCUT2D eigenvalue weighted by atomic mass is 9.87. The van der Waals surface area contributed by atoms with Crippen LogP contribution in [0.1, 0.15) is 26.5 Å². The van der Waals surface area contributed by atoms with E-state index in [1.54, 1.807) is 0 Å². The minimum atomic E-state index is -0.0704. The molecule has 0 saturated heterocycles. The molecule has 0 fully saturated rings. The molecule has 90 valence electrons. The molecule has 2 rings (SSSR count). The van der Waals surface area contributed by atoms with Crippen LogP contribution in [-0.4, -0.2) is 9.78 Å². The summed E-state index contributed by atoms with van der Waals surface area (Å²) in [5.74, 6) is 0. The summed E-state index contributed by atoms with van der Waals surface area (Å²) in [6.45, 7) is 6.34. The highest BCUT2D eigenvalue weighted by Gasteiger charge is 2.25. The second-order valence-electron chi connectivity index (χ2n) is 5.34. The van der Waals surface area contributed by atoms with Crippen LogP contribution in [0.2, 0.25) is 0 Å². The maximum atomic E-state index is 12.0. The van der Waals surface area contributed by atoms with Crippen molar-refractivity contribution in [3.05, 3.63) is 46.4 Å². The molecular formula is C14H18N2O. The minimum Gasteiger partial charge on any atom is -0.291 e. The van der Waals surface area contributed by atoms with Crippen LogP contribution in [-0.2, 0) is 12.5 Å². The van der Waals surface area contributed by atoms with Crippen molar-refractivity contribution in [2.75, 3.05) is 0 Å². The van der Waals surface area contributed by atoms with Crippen LogP contribution in [0.4, 0.5) is 0 Å². The van der Waals surface area contributed by atoms with Crippen LogP contribution in [0.5, 0.6) is 0 Å². The molecule has 1 aromatic carbocycles. The fraction of sp³-hybridized carbons (Fsp3) is 0.357. The smallest absolute Gasteiger partial charge is 0.272 e. The fourth-order valence-electron chi connectivity index (χ4n) is 2.29. The van der Waals surface area contributed by atoms with Gasteiger partial charge in [-0.15, -0.1) is 0 Å². The van der Waals surface area contributed by atoms with Crippen molar-refractivity contribution in [1.29, 1.82) is 0 Å². The van der Waals surface area contributed by atoms with Gasteiger partial charge in [0.2, 0.25) is 0 Å². The first-order valence-electron chi connectivity index (χ1n) is 5.76. The van der Waals surface area contributed by atoms with Gasteiger partial charge in [0.05, 0.1) is 11.3 Å². The minimum absolute atomic E-state index is 0.0244. The van der Waals surface area contributed by atoms with Crippen LogP contribution in [0.3, 0.4) is 0 Å². The summed E-state index contributed by atoms with van der Waals surface area (Å²) in [6, 6.07) is 9.81. The van der Waals surface area contributed by atoms with Gasteiger partial charge in [-0.25, -0.2) is 0 Å². The van der Waals surface area contributed by atoms with Gasteiger partial charge in [-0.3, -0.25) is 14.6 Å². The molecule has 0 aliphatic rings. The number of rotatable bonds is 1. The molecular weight excluding hydrogens is 212 g/mol. The Morgan fingerprint density at radius 3 is 2.24 bits per heavy atom. The Morgan fingerprint density at radius 2 is 1.71 bits per heavy atom. The van der Waals surface area contributed by atoms with E-state index in [1.807, 2.05) is 42.1 Å². The molecule has 0 amide bonds. The quantitative estimate of drug-likeness (QED) is 0.803. The predicted octanol–water partition coefficient (Wildman–Crippen LogP) is 2.68. The van der Waals surface area contributed by atoms with E-state index in [0.29, 0.717) is 0 Å². The molecule has 0 atom stereocenters. The molecule has 1 N–H and O–H groups in total. The number of aromatic amines is 1. The molecule has 1 heterocycles. The molecule has 0 saturated carbocycles. The Bertz CT molecular complexity index is 571. The summed E-state index contributed by atoms with van der Waals surface area (Å²) < 4.78 is 1.82. The van der Waals surface area contributed by atoms with Gasteiger partial charge < -0.3 is 0 Å². The van der Waals surface area contributed by atoms with Gasteiger partial charge in [-0.2, -0.15) is 0 Å². The number of aryl methyl sites for hydroxylation is 1. The second kappa shape index (κ2) is 3.91. The van der Waals surface area contributed by atoms with E-state index < -0.39 is 0 Å². The number of nitrogens with zero attached hydrogens (tertiary/aromatic N) is 1. The molecule has 0 aliphatic heterocycles. The van der Waals surface area contributed by atoms with Crippen LogP contribution < -0.4 is 5.56 Å². The predicted molar refractivity (Wildman–Crippen MR) is 70.2 cm³/mol. The van der Waals surface area contributed by atoms with E-state index in [9.17, 15) is 4.79 Å². The second-order valence-corrected chi connectivity index (χ2v) is 5.34. The molecule has 17 heavy (non-hydrogen) atoms. The molecule has 0 aliphatic carbocycles. The topological polar surface area (TPSA) is 37.8 Å². The largest absolute Gasteiger partial charge is 0.291 e. The third-order valence-corrected chi connectivity index (χ3v) is 2.84. The van der Waals surface area contributed by atoms with Crippen molar-refractivity contribution < 1.29 is 0 Å². The summed E-state index contributed by atoms with van der Waals surface area (Å²) >= 11 is 0. The van der Waals surface area contributed by atoms with Crippen LogP contribution >= 0.6 is 0 Å². The summed E-state index contributed by atoms with van der Waals surface area (Å²) in [5.41, 5.74) is 2.69. The van der Waals surface area contributed by atoms with Gasteiger partial charge in [0, 0.05) is 12.5 Å². The lowest BCUT2D eigenvalue weighted by Crippen LogP contribution is -2.17. The van der Waals surface area contributed by atoms with Crippen molar-refractivity contribution in [3.8, 4) is 11.1 Å². The highest BCUT2D eigenvalue weighted by Crippen LogP contribution is 2.29. The maximum Gasteiger partial charge on any atom is 0.272 e. The Balaban J connectivity index is 2.75. The first-order valence-corrected chi connectivity index (χ1v) is 5.76. The summed E-state index contributed by atoms with van der Waals surface area (Å²) in [4.78, 5) is 12.0. The van der Waals surface area contributed by atoms with Crippen molar-refractivity contribution in [2.24, 2.45) is 7.05 Å². The lowest BCUT2D eigenvalue weighted by Gasteiger charge is -2.21. The molecule has 0 spiro atoms. The Kier molecular flexibility index (Phi) is 2.69. The number of nitrogens with one attached hydrogen (secondary N) is 1. The number of hydrogen-bond acceptors (Lipinski definition) is 1. The Hall–Kier alpha value is -1.77. The highest BCUT2D eigenvalue weighted by molar-refractivity contribution is 5.66. The van der Waals surface area contributed by atoms with Crippen LogP contribution in [0.15, 0.2) is 35.1 Å². The average molecular weight is 230 g/mol. The van der Waals surface area contributed by atoms with Crippen molar-refractivity contribution in [2.45, 2.75) is 26.2 Å². The number of H-pyrrole nitrogens is 1. The van der Waals surface area contributed by atoms with Gasteiger partial charge in [0.15, 0.2) is 0 Å². The number of aromatic nitrogens is 2. The summed E-state index contributed by atoms with van der Waals surface area (Å²) in [7, 11) is 1.88. The zero-order valence-corrected chi connectivity index (χ0v) is 10.7. The third kappa shape index (κ3) is 2.05. The first kappa shape index (κ1) is 11.7. The van der Waals surface area contributed by atoms with E-state index in [2.05, 4.69) is 25.9 Å². The lowest BCUT2D eigenvalue weighted by molar-refractivity contribution is 0.524. The molecule has 1 aromatic heterocycles. The zero-order valence-electron chi connectivity index (χ0n) is 10.7. The van der Waals surface area contributed by atoms with Gasteiger partial charge in [0.25, 0.3) is 5.56 Å². The summed E-state index contributed by atoms with van der Waals surface area (Å²) in [5, 5.41) is 2.84. The SMILES string of the molecule is Cn1[nH]c(=O)c(-c2ccccc2)c1C(C)(C)C. The normalized spacial score (nSPS) is 11.8. The third-order valence-electron chi connectivity index (χ3n) is 2.84. The van der Waals surface area contributed by atoms with Gasteiger partial charge >= 0.3 is 0 Å². The van der Waals surface area contributed by atoms with E-state index >= 15 is 0 Å². The molecule has 2 aromatic rings. The highest BCUT2D eigenvalue weighted by atomic mass is 16.1. The molecule has 0 bridgehead atoms. The van der Waals surface area contributed by atoms with E-state index in [0.717, 1.165) is 16.8 Å². The standard InChI is InChI=1S/C14H18N2O/c1-14(2,3)12-11(13(17)15-16(12)4)10-8-6-5-7-9-10/h5-9H,1-4H3,(H,15,17). The monoisotopic (exact) mass is 230 g/mol. The van der Waals surface area contributed by atoms with Crippen LogP contribution in [0.25, 0.3) is 11.1 Å². The molecule has 0 unspecified atom stereocenters. The summed E-state index contributed by atoms with van der Waals surface area (Å²) in [6.07, 6.45) is 0. The number of hydrogen-bond donors (Lipinski definition) is 1. The molecule has 3 nitrogen and oxygen atoms in total. The number of benzene rings is 1. The zero-order chi connectivity index (χ0) is 12.6. The van der Waals surface area contributed by atoms with Gasteiger partial charge in [-0.1, -0.05) is 51.1 Å². The maximum absolute atomic E-state index is 12.0. The fourth-order valence-corrected chi connectivity index (χ4v) is 2.29. The first-order chi connectivity index (χ1) is 7.91. The van der Waals surface area contributed by atoms with Crippen LogP contribution in [0, 0.1) is 0 Å². The van der Waals surface area contributed by atoms with E-state index in [4.69, 9.17) is 0 Å². The van der Waals surface area contributed by atoms with Crippen molar-refractivity contribution in [3.63, 3.8) is 0 Å².